The summed E-state index contributed by atoms with van der Waals surface area (Å²) in [6, 6.07) is 0.300. The van der Waals surface area contributed by atoms with Crippen molar-refractivity contribution in [2.24, 2.45) is 5.73 Å². The van der Waals surface area contributed by atoms with Crippen LogP contribution in [-0.4, -0.2) is 49.3 Å². The van der Waals surface area contributed by atoms with E-state index < -0.39 is 0 Å². The van der Waals surface area contributed by atoms with E-state index in [0.717, 1.165) is 51.9 Å². The summed E-state index contributed by atoms with van der Waals surface area (Å²) in [5.74, 6) is 0. The summed E-state index contributed by atoms with van der Waals surface area (Å²) in [5.41, 5.74) is 5.81. The normalized spacial score (nSPS) is 31.2. The van der Waals surface area contributed by atoms with E-state index in [4.69, 9.17) is 10.5 Å². The number of hydrogen-bond acceptors (Lipinski definition) is 4. The van der Waals surface area contributed by atoms with Gasteiger partial charge in [-0.1, -0.05) is 0 Å². The zero-order valence-corrected chi connectivity index (χ0v) is 9.65. The summed E-state index contributed by atoms with van der Waals surface area (Å²) in [7, 11) is 0. The van der Waals surface area contributed by atoms with E-state index in [0.29, 0.717) is 6.04 Å². The predicted molar refractivity (Wildman–Crippen MR) is 61.2 cm³/mol. The highest BCUT2D eigenvalue weighted by atomic mass is 16.6. The van der Waals surface area contributed by atoms with Crippen molar-refractivity contribution in [2.75, 3.05) is 26.2 Å². The fourth-order valence-corrected chi connectivity index (χ4v) is 2.27. The van der Waals surface area contributed by atoms with Crippen molar-refractivity contribution in [1.29, 1.82) is 0 Å². The molecule has 0 atom stereocenters. The molecule has 1 heterocycles. The zero-order valence-electron chi connectivity index (χ0n) is 9.65. The van der Waals surface area contributed by atoms with Crippen molar-refractivity contribution < 1.29 is 9.53 Å². The van der Waals surface area contributed by atoms with E-state index >= 15 is 0 Å². The van der Waals surface area contributed by atoms with Crippen molar-refractivity contribution >= 4 is 6.09 Å². The second kappa shape index (κ2) is 5.50. The lowest BCUT2D eigenvalue weighted by Gasteiger charge is -2.31. The molecular weight excluding hydrogens is 206 g/mol. The average Bonchev–Trinajstić information content (AvgIpc) is 2.33. The maximum atomic E-state index is 11.8. The number of rotatable bonds is 1. The first-order valence-electron chi connectivity index (χ1n) is 6.17. The molecule has 2 aliphatic rings. The van der Waals surface area contributed by atoms with E-state index in [9.17, 15) is 4.79 Å². The lowest BCUT2D eigenvalue weighted by molar-refractivity contribution is 0.0409. The molecule has 1 saturated carbocycles. The minimum atomic E-state index is -0.151. The van der Waals surface area contributed by atoms with Gasteiger partial charge in [0.25, 0.3) is 0 Å². The van der Waals surface area contributed by atoms with E-state index in [2.05, 4.69) is 5.32 Å². The highest BCUT2D eigenvalue weighted by Crippen LogP contribution is 2.20. The molecule has 0 aromatic carbocycles. The topological polar surface area (TPSA) is 67.6 Å². The summed E-state index contributed by atoms with van der Waals surface area (Å²) in [6.45, 7) is 3.24. The molecule has 3 N–H and O–H groups in total. The number of piperazine rings is 1. The average molecular weight is 227 g/mol. The summed E-state index contributed by atoms with van der Waals surface area (Å²) in [6.07, 6.45) is 3.71. The van der Waals surface area contributed by atoms with Crippen LogP contribution in [0.3, 0.4) is 0 Å². The summed E-state index contributed by atoms with van der Waals surface area (Å²) in [4.78, 5) is 13.6. The Labute approximate surface area is 96.3 Å². The number of nitrogens with zero attached hydrogens (tertiary/aromatic N) is 1. The van der Waals surface area contributed by atoms with Gasteiger partial charge in [-0.2, -0.15) is 0 Å². The molecule has 1 saturated heterocycles. The molecule has 16 heavy (non-hydrogen) atoms. The molecule has 2 fully saturated rings. The molecular formula is C11H21N3O2. The minimum absolute atomic E-state index is 0.0854. The standard InChI is InChI=1S/C11H21N3O2/c12-9-1-3-10(4-2-9)16-11(15)14-7-5-13-6-8-14/h9-10,13H,1-8,12H2. The highest BCUT2D eigenvalue weighted by molar-refractivity contribution is 5.68. The third-order valence-corrected chi connectivity index (χ3v) is 3.36. The zero-order chi connectivity index (χ0) is 11.4. The first kappa shape index (κ1) is 11.7. The molecule has 0 spiro atoms. The Balaban J connectivity index is 1.73. The van der Waals surface area contributed by atoms with Crippen LogP contribution in [-0.2, 0) is 4.74 Å². The third-order valence-electron chi connectivity index (χ3n) is 3.36. The SMILES string of the molecule is NC1CCC(OC(=O)N2CCNCC2)CC1. The first-order chi connectivity index (χ1) is 7.75. The van der Waals surface area contributed by atoms with Gasteiger partial charge in [0.1, 0.15) is 6.10 Å². The summed E-state index contributed by atoms with van der Waals surface area (Å²) in [5, 5.41) is 3.21. The fraction of sp³-hybridized carbons (Fsp3) is 0.909. The Morgan fingerprint density at radius 1 is 1.19 bits per heavy atom. The van der Waals surface area contributed by atoms with Gasteiger partial charge in [0.2, 0.25) is 0 Å². The minimum Gasteiger partial charge on any atom is -0.446 e. The van der Waals surface area contributed by atoms with Crippen LogP contribution >= 0.6 is 0 Å². The van der Waals surface area contributed by atoms with Crippen LogP contribution in [0, 0.1) is 0 Å². The molecule has 0 aromatic heterocycles. The van der Waals surface area contributed by atoms with Crippen molar-refractivity contribution in [3.63, 3.8) is 0 Å². The molecule has 1 amide bonds. The smallest absolute Gasteiger partial charge is 0.410 e. The molecule has 5 nitrogen and oxygen atoms in total. The molecule has 0 aromatic rings. The molecule has 0 unspecified atom stereocenters. The number of hydrogen-bond donors (Lipinski definition) is 2. The largest absolute Gasteiger partial charge is 0.446 e. The van der Waals surface area contributed by atoms with Crippen LogP contribution in [0.25, 0.3) is 0 Å². The van der Waals surface area contributed by atoms with Crippen LogP contribution in [0.2, 0.25) is 0 Å². The van der Waals surface area contributed by atoms with Crippen LogP contribution in [0.5, 0.6) is 0 Å². The maximum absolute atomic E-state index is 11.8. The monoisotopic (exact) mass is 227 g/mol. The second-order valence-electron chi connectivity index (χ2n) is 4.66. The Bertz CT molecular complexity index is 233. The number of carbonyl (C=O) groups is 1. The number of carbonyl (C=O) groups excluding carboxylic acids is 1. The van der Waals surface area contributed by atoms with E-state index in [1.54, 1.807) is 4.90 Å². The van der Waals surface area contributed by atoms with Gasteiger partial charge in [-0.3, -0.25) is 0 Å². The predicted octanol–water partition coefficient (Wildman–Crippen LogP) is 0.298. The van der Waals surface area contributed by atoms with Gasteiger partial charge in [0.15, 0.2) is 0 Å². The van der Waals surface area contributed by atoms with Crippen LogP contribution < -0.4 is 11.1 Å². The maximum Gasteiger partial charge on any atom is 0.410 e. The first-order valence-corrected chi connectivity index (χ1v) is 6.17. The van der Waals surface area contributed by atoms with Crippen molar-refractivity contribution in [2.45, 2.75) is 37.8 Å². The Morgan fingerprint density at radius 3 is 2.44 bits per heavy atom. The van der Waals surface area contributed by atoms with Crippen molar-refractivity contribution in [3.05, 3.63) is 0 Å². The Hall–Kier alpha value is -0.810. The van der Waals surface area contributed by atoms with Gasteiger partial charge in [0.05, 0.1) is 0 Å². The lowest BCUT2D eigenvalue weighted by atomic mass is 9.94. The van der Waals surface area contributed by atoms with Gasteiger partial charge >= 0.3 is 6.09 Å². The van der Waals surface area contributed by atoms with Crippen LogP contribution in [0.4, 0.5) is 4.79 Å². The molecule has 1 aliphatic heterocycles. The molecule has 5 heteroatoms. The van der Waals surface area contributed by atoms with E-state index in [1.807, 2.05) is 0 Å². The Kier molecular flexibility index (Phi) is 4.01. The van der Waals surface area contributed by atoms with Crippen molar-refractivity contribution in [1.82, 2.24) is 10.2 Å². The molecule has 0 radical (unpaired) electrons. The lowest BCUT2D eigenvalue weighted by Crippen LogP contribution is -2.47. The third kappa shape index (κ3) is 3.09. The van der Waals surface area contributed by atoms with E-state index in [-0.39, 0.29) is 12.2 Å². The highest BCUT2D eigenvalue weighted by Gasteiger charge is 2.24. The number of ether oxygens (including phenoxy) is 1. The van der Waals surface area contributed by atoms with Crippen molar-refractivity contribution in [3.8, 4) is 0 Å². The van der Waals surface area contributed by atoms with E-state index in [1.165, 1.54) is 0 Å². The quantitative estimate of drug-likeness (QED) is 0.676. The van der Waals surface area contributed by atoms with Gasteiger partial charge < -0.3 is 20.7 Å². The molecule has 1 aliphatic carbocycles. The number of nitrogens with two attached hydrogens (primary N) is 1. The van der Waals surface area contributed by atoms with Gasteiger partial charge in [0, 0.05) is 32.2 Å². The fourth-order valence-electron chi connectivity index (χ4n) is 2.27. The number of nitrogens with one attached hydrogen (secondary N) is 1. The van der Waals surface area contributed by atoms with Crippen LogP contribution in [0.15, 0.2) is 0 Å². The molecule has 92 valence electrons. The molecule has 2 rings (SSSR count). The van der Waals surface area contributed by atoms with Crippen LogP contribution in [0.1, 0.15) is 25.7 Å². The Morgan fingerprint density at radius 2 is 1.81 bits per heavy atom. The molecule has 0 bridgehead atoms. The van der Waals surface area contributed by atoms with Gasteiger partial charge in [-0.15, -0.1) is 0 Å². The summed E-state index contributed by atoms with van der Waals surface area (Å²) >= 11 is 0. The van der Waals surface area contributed by atoms with Gasteiger partial charge in [-0.25, -0.2) is 4.79 Å². The number of amides is 1. The van der Waals surface area contributed by atoms with Gasteiger partial charge in [-0.05, 0) is 25.7 Å². The summed E-state index contributed by atoms with van der Waals surface area (Å²) < 4.78 is 5.48. The second-order valence-corrected chi connectivity index (χ2v) is 4.66.